The van der Waals surface area contributed by atoms with Crippen molar-refractivity contribution in [2.45, 2.75) is 13.8 Å². The van der Waals surface area contributed by atoms with Gasteiger partial charge in [0.1, 0.15) is 23.3 Å². The summed E-state index contributed by atoms with van der Waals surface area (Å²) in [7, 11) is 0. The van der Waals surface area contributed by atoms with Crippen LogP contribution in [-0.2, 0) is 4.79 Å². The Morgan fingerprint density at radius 2 is 1.62 bits per heavy atom. The van der Waals surface area contributed by atoms with Crippen molar-refractivity contribution in [2.24, 2.45) is 0 Å². The van der Waals surface area contributed by atoms with Gasteiger partial charge in [0.15, 0.2) is 12.4 Å². The molecule has 5 rings (SSSR count). The summed E-state index contributed by atoms with van der Waals surface area (Å²) in [5, 5.41) is 3.39. The molecular weight excluding hydrogens is 530 g/mol. The molecule has 0 aliphatic rings. The molecule has 0 bridgehead atoms. The van der Waals surface area contributed by atoms with E-state index < -0.39 is 5.91 Å². The maximum atomic E-state index is 13.0. The normalized spacial score (nSPS) is 10.8. The van der Waals surface area contributed by atoms with E-state index in [4.69, 9.17) is 25.5 Å². The van der Waals surface area contributed by atoms with Gasteiger partial charge in [-0.15, -0.1) is 0 Å². The number of anilines is 1. The fourth-order valence-corrected chi connectivity index (χ4v) is 4.44. The van der Waals surface area contributed by atoms with Crippen molar-refractivity contribution < 1.29 is 23.5 Å². The Hall–Kier alpha value is -4.88. The number of nitrogens with one attached hydrogen (secondary N) is 1. The molecule has 0 radical (unpaired) electrons. The van der Waals surface area contributed by atoms with Gasteiger partial charge in [0.05, 0.1) is 11.1 Å². The fourth-order valence-electron chi connectivity index (χ4n) is 4.26. The number of carbonyl (C=O) groups excluding carboxylic acids is 2. The second-order valence-electron chi connectivity index (χ2n) is 9.23. The molecule has 0 saturated carbocycles. The van der Waals surface area contributed by atoms with Gasteiger partial charge in [-0.3, -0.25) is 14.4 Å². The Morgan fingerprint density at radius 1 is 0.875 bits per heavy atom. The summed E-state index contributed by atoms with van der Waals surface area (Å²) >= 11 is 6.12. The number of benzene rings is 4. The molecule has 0 aliphatic heterocycles. The molecule has 0 atom stereocenters. The molecule has 200 valence electrons. The van der Waals surface area contributed by atoms with E-state index in [1.807, 2.05) is 38.1 Å². The van der Waals surface area contributed by atoms with Gasteiger partial charge in [-0.2, -0.15) is 0 Å². The minimum Gasteiger partial charge on any atom is -0.484 e. The SMILES string of the molecule is Cc1cc(C)cc(Oc2coc3cc(OCC(=O)Nc4ccc(Cl)cc4C(=O)c4ccccc4)ccc3c2=O)c1. The molecule has 1 amide bonds. The maximum absolute atomic E-state index is 13.0. The van der Waals surface area contributed by atoms with Gasteiger partial charge < -0.3 is 19.2 Å². The molecule has 0 aliphatic carbocycles. The quantitative estimate of drug-likeness (QED) is 0.206. The summed E-state index contributed by atoms with van der Waals surface area (Å²) in [6, 6.07) is 23.7. The van der Waals surface area contributed by atoms with Crippen LogP contribution in [0.5, 0.6) is 17.2 Å². The highest BCUT2D eigenvalue weighted by Gasteiger charge is 2.17. The zero-order valence-electron chi connectivity index (χ0n) is 21.7. The molecule has 1 aromatic heterocycles. The van der Waals surface area contributed by atoms with Gasteiger partial charge in [-0.05, 0) is 67.4 Å². The highest BCUT2D eigenvalue weighted by atomic mass is 35.5. The third-order valence-electron chi connectivity index (χ3n) is 6.04. The first kappa shape index (κ1) is 26.7. The van der Waals surface area contributed by atoms with Gasteiger partial charge in [0.2, 0.25) is 11.2 Å². The molecule has 1 heterocycles. The lowest BCUT2D eigenvalue weighted by Gasteiger charge is -2.12. The average molecular weight is 554 g/mol. The first-order valence-corrected chi connectivity index (χ1v) is 12.8. The Bertz CT molecular complexity index is 1780. The number of ether oxygens (including phenoxy) is 2. The van der Waals surface area contributed by atoms with E-state index in [0.717, 1.165) is 11.1 Å². The van der Waals surface area contributed by atoms with Crippen molar-refractivity contribution in [2.75, 3.05) is 11.9 Å². The molecule has 1 N–H and O–H groups in total. The minimum atomic E-state index is -0.483. The number of halogens is 1. The van der Waals surface area contributed by atoms with E-state index in [1.165, 1.54) is 18.4 Å². The van der Waals surface area contributed by atoms with Gasteiger partial charge in [-0.25, -0.2) is 0 Å². The summed E-state index contributed by atoms with van der Waals surface area (Å²) in [6.45, 7) is 3.55. The molecule has 7 nitrogen and oxygen atoms in total. The minimum absolute atomic E-state index is 0.0642. The molecule has 0 fully saturated rings. The van der Waals surface area contributed by atoms with Crippen LogP contribution >= 0.6 is 11.6 Å². The van der Waals surface area contributed by atoms with E-state index in [9.17, 15) is 14.4 Å². The van der Waals surface area contributed by atoms with Crippen LogP contribution in [-0.4, -0.2) is 18.3 Å². The zero-order valence-corrected chi connectivity index (χ0v) is 22.5. The van der Waals surface area contributed by atoms with Crippen molar-refractivity contribution in [3.8, 4) is 17.2 Å². The monoisotopic (exact) mass is 553 g/mol. The molecule has 0 spiro atoms. The summed E-state index contributed by atoms with van der Waals surface area (Å²) in [4.78, 5) is 38.7. The highest BCUT2D eigenvalue weighted by Crippen LogP contribution is 2.26. The largest absolute Gasteiger partial charge is 0.484 e. The van der Waals surface area contributed by atoms with E-state index in [0.29, 0.717) is 33.2 Å². The van der Waals surface area contributed by atoms with Crippen molar-refractivity contribution >= 4 is 39.9 Å². The number of rotatable bonds is 8. The fraction of sp³-hybridized carbons (Fsp3) is 0.0938. The lowest BCUT2D eigenvalue weighted by Crippen LogP contribution is -2.21. The van der Waals surface area contributed by atoms with Crippen LogP contribution in [0.25, 0.3) is 11.0 Å². The van der Waals surface area contributed by atoms with Crippen LogP contribution in [0.4, 0.5) is 5.69 Å². The third-order valence-corrected chi connectivity index (χ3v) is 6.28. The number of amides is 1. The number of hydrogen-bond donors (Lipinski definition) is 1. The third kappa shape index (κ3) is 6.06. The number of carbonyl (C=O) groups is 2. The molecule has 5 aromatic rings. The number of ketones is 1. The Balaban J connectivity index is 1.28. The first-order valence-electron chi connectivity index (χ1n) is 12.4. The highest BCUT2D eigenvalue weighted by molar-refractivity contribution is 6.31. The molecule has 8 heteroatoms. The lowest BCUT2D eigenvalue weighted by molar-refractivity contribution is -0.118. The van der Waals surface area contributed by atoms with Gasteiger partial charge in [0, 0.05) is 22.2 Å². The van der Waals surface area contributed by atoms with Crippen LogP contribution in [0.1, 0.15) is 27.0 Å². The Labute approximate surface area is 234 Å². The first-order chi connectivity index (χ1) is 19.3. The molecule has 4 aromatic carbocycles. The predicted molar refractivity (Wildman–Crippen MR) is 154 cm³/mol. The molecular formula is C32H24ClNO6. The summed E-state index contributed by atoms with van der Waals surface area (Å²) in [6.07, 6.45) is 1.25. The van der Waals surface area contributed by atoms with Crippen molar-refractivity contribution in [1.82, 2.24) is 0 Å². The van der Waals surface area contributed by atoms with Crippen molar-refractivity contribution in [3.05, 3.63) is 129 Å². The summed E-state index contributed by atoms with van der Waals surface area (Å²) in [5.41, 5.74) is 3.03. The zero-order chi connectivity index (χ0) is 28.2. The topological polar surface area (TPSA) is 94.8 Å². The number of fused-ring (bicyclic) bond motifs is 1. The van der Waals surface area contributed by atoms with E-state index in [1.54, 1.807) is 48.5 Å². The van der Waals surface area contributed by atoms with Gasteiger partial charge in [-0.1, -0.05) is 48.0 Å². The van der Waals surface area contributed by atoms with Crippen LogP contribution in [0, 0.1) is 13.8 Å². The average Bonchev–Trinajstić information content (AvgIpc) is 2.94. The Kier molecular flexibility index (Phi) is 7.66. The predicted octanol–water partition coefficient (Wildman–Crippen LogP) is 7.10. The van der Waals surface area contributed by atoms with Crippen LogP contribution in [0.15, 0.2) is 100 Å². The Morgan fingerprint density at radius 3 is 2.38 bits per heavy atom. The lowest BCUT2D eigenvalue weighted by atomic mass is 10.0. The summed E-state index contributed by atoms with van der Waals surface area (Å²) < 4.78 is 17.1. The molecule has 40 heavy (non-hydrogen) atoms. The van der Waals surface area contributed by atoms with Crippen LogP contribution in [0.2, 0.25) is 5.02 Å². The smallest absolute Gasteiger partial charge is 0.262 e. The van der Waals surface area contributed by atoms with E-state index in [2.05, 4.69) is 5.32 Å². The van der Waals surface area contributed by atoms with Crippen LogP contribution in [0.3, 0.4) is 0 Å². The standard InChI is InChI=1S/C32H24ClNO6/c1-19-12-20(2)14-24(13-19)40-29-17-39-28-16-23(9-10-25(28)32(29)37)38-18-30(35)34-27-11-8-22(33)15-26(27)31(36)21-6-4-3-5-7-21/h3-17H,18H2,1-2H3,(H,34,35). The summed E-state index contributed by atoms with van der Waals surface area (Å²) in [5.74, 6) is 0.178. The van der Waals surface area contributed by atoms with Crippen molar-refractivity contribution in [3.63, 3.8) is 0 Å². The van der Waals surface area contributed by atoms with Crippen LogP contribution < -0.4 is 20.2 Å². The number of hydrogen-bond acceptors (Lipinski definition) is 6. The second kappa shape index (κ2) is 11.5. The van der Waals surface area contributed by atoms with Gasteiger partial charge >= 0.3 is 0 Å². The van der Waals surface area contributed by atoms with Crippen molar-refractivity contribution in [1.29, 1.82) is 0 Å². The molecule has 0 unspecified atom stereocenters. The van der Waals surface area contributed by atoms with E-state index in [-0.39, 0.29) is 34.7 Å². The maximum Gasteiger partial charge on any atom is 0.262 e. The second-order valence-corrected chi connectivity index (χ2v) is 9.67. The van der Waals surface area contributed by atoms with Gasteiger partial charge in [0.25, 0.3) is 5.91 Å². The molecule has 0 saturated heterocycles. The number of aryl methyl sites for hydroxylation is 2. The van der Waals surface area contributed by atoms with E-state index >= 15 is 0 Å².